The van der Waals surface area contributed by atoms with Crippen LogP contribution in [-0.4, -0.2) is 15.9 Å². The Bertz CT molecular complexity index is 878. The predicted octanol–water partition coefficient (Wildman–Crippen LogP) is 5.01. The van der Waals surface area contributed by atoms with Crippen molar-refractivity contribution in [2.45, 2.75) is 6.92 Å². The molecule has 6 heteroatoms. The molecule has 1 amide bonds. The number of nitrogens with zero attached hydrogens (tertiary/aromatic N) is 2. The zero-order valence-electron chi connectivity index (χ0n) is 12.8. The SMILES string of the molecule is Cc1nc(-c2ccccc2)ncc1C(=O)Nc1cc(Cl)cc(Cl)c1. The molecule has 120 valence electrons. The summed E-state index contributed by atoms with van der Waals surface area (Å²) in [5, 5.41) is 3.65. The van der Waals surface area contributed by atoms with E-state index in [0.29, 0.717) is 32.8 Å². The Morgan fingerprint density at radius 1 is 1.04 bits per heavy atom. The van der Waals surface area contributed by atoms with Gasteiger partial charge in [-0.1, -0.05) is 53.5 Å². The van der Waals surface area contributed by atoms with Crippen LogP contribution in [0.5, 0.6) is 0 Å². The Morgan fingerprint density at radius 3 is 2.33 bits per heavy atom. The number of nitrogens with one attached hydrogen (secondary N) is 1. The number of hydrogen-bond donors (Lipinski definition) is 1. The number of carbonyl (C=O) groups is 1. The number of carbonyl (C=O) groups excluding carboxylic acids is 1. The number of aromatic nitrogens is 2. The Labute approximate surface area is 149 Å². The van der Waals surface area contributed by atoms with E-state index in [4.69, 9.17) is 23.2 Å². The molecule has 0 atom stereocenters. The van der Waals surface area contributed by atoms with Crippen LogP contribution >= 0.6 is 23.2 Å². The highest BCUT2D eigenvalue weighted by molar-refractivity contribution is 6.35. The third-order valence-corrected chi connectivity index (χ3v) is 3.81. The van der Waals surface area contributed by atoms with Crippen molar-refractivity contribution < 1.29 is 4.79 Å². The van der Waals surface area contributed by atoms with Crippen LogP contribution in [0.25, 0.3) is 11.4 Å². The molecule has 3 aromatic rings. The minimum atomic E-state index is -0.314. The summed E-state index contributed by atoms with van der Waals surface area (Å²) in [5.74, 6) is 0.265. The normalized spacial score (nSPS) is 10.5. The maximum absolute atomic E-state index is 12.4. The second-order valence-electron chi connectivity index (χ2n) is 5.17. The summed E-state index contributed by atoms with van der Waals surface area (Å²) >= 11 is 11.9. The summed E-state index contributed by atoms with van der Waals surface area (Å²) in [6, 6.07) is 14.4. The second kappa shape index (κ2) is 6.99. The topological polar surface area (TPSA) is 54.9 Å². The first-order valence-electron chi connectivity index (χ1n) is 7.19. The lowest BCUT2D eigenvalue weighted by Crippen LogP contribution is -2.15. The zero-order valence-corrected chi connectivity index (χ0v) is 14.3. The average Bonchev–Trinajstić information content (AvgIpc) is 2.54. The first-order valence-corrected chi connectivity index (χ1v) is 7.95. The van der Waals surface area contributed by atoms with E-state index in [-0.39, 0.29) is 5.91 Å². The molecule has 0 bridgehead atoms. The molecule has 1 aromatic heterocycles. The fourth-order valence-corrected chi connectivity index (χ4v) is 2.77. The van der Waals surface area contributed by atoms with Gasteiger partial charge in [0.2, 0.25) is 0 Å². The Kier molecular flexibility index (Phi) is 4.79. The monoisotopic (exact) mass is 357 g/mol. The molecule has 1 heterocycles. The fraction of sp³-hybridized carbons (Fsp3) is 0.0556. The molecule has 24 heavy (non-hydrogen) atoms. The molecule has 4 nitrogen and oxygen atoms in total. The summed E-state index contributed by atoms with van der Waals surface area (Å²) in [6.45, 7) is 1.77. The van der Waals surface area contributed by atoms with E-state index in [1.165, 1.54) is 6.20 Å². The van der Waals surface area contributed by atoms with E-state index in [2.05, 4.69) is 15.3 Å². The molecule has 0 saturated heterocycles. The molecule has 1 N–H and O–H groups in total. The number of halogens is 2. The average molecular weight is 358 g/mol. The number of anilines is 1. The van der Waals surface area contributed by atoms with E-state index >= 15 is 0 Å². The summed E-state index contributed by atoms with van der Waals surface area (Å²) in [6.07, 6.45) is 1.52. The number of aryl methyl sites for hydroxylation is 1. The van der Waals surface area contributed by atoms with Crippen LogP contribution < -0.4 is 5.32 Å². The molecular weight excluding hydrogens is 345 g/mol. The highest BCUT2D eigenvalue weighted by Gasteiger charge is 2.13. The summed E-state index contributed by atoms with van der Waals surface area (Å²) in [7, 11) is 0. The van der Waals surface area contributed by atoms with Crippen LogP contribution in [0.4, 0.5) is 5.69 Å². The largest absolute Gasteiger partial charge is 0.322 e. The lowest BCUT2D eigenvalue weighted by molar-refractivity contribution is 0.102. The standard InChI is InChI=1S/C18H13Cl2N3O/c1-11-16(10-21-17(22-11)12-5-3-2-4-6-12)18(24)23-15-8-13(19)7-14(20)9-15/h2-10H,1H3,(H,23,24). The maximum Gasteiger partial charge on any atom is 0.259 e. The minimum Gasteiger partial charge on any atom is -0.322 e. The molecule has 0 aliphatic carbocycles. The van der Waals surface area contributed by atoms with Crippen molar-refractivity contribution in [1.29, 1.82) is 0 Å². The number of rotatable bonds is 3. The van der Waals surface area contributed by atoms with Crippen LogP contribution in [-0.2, 0) is 0 Å². The van der Waals surface area contributed by atoms with E-state index in [1.54, 1.807) is 25.1 Å². The van der Waals surface area contributed by atoms with Crippen LogP contribution in [0, 0.1) is 6.92 Å². The van der Waals surface area contributed by atoms with Crippen molar-refractivity contribution in [3.63, 3.8) is 0 Å². The number of amides is 1. The quantitative estimate of drug-likeness (QED) is 0.716. The van der Waals surface area contributed by atoms with Crippen LogP contribution in [0.3, 0.4) is 0 Å². The van der Waals surface area contributed by atoms with E-state index in [1.807, 2.05) is 30.3 Å². The van der Waals surface area contributed by atoms with Gasteiger partial charge in [-0.05, 0) is 25.1 Å². The third kappa shape index (κ3) is 3.72. The van der Waals surface area contributed by atoms with Gasteiger partial charge in [-0.2, -0.15) is 0 Å². The Hall–Kier alpha value is -2.43. The van der Waals surface area contributed by atoms with Gasteiger partial charge < -0.3 is 5.32 Å². The van der Waals surface area contributed by atoms with E-state index in [9.17, 15) is 4.79 Å². The Balaban J connectivity index is 1.85. The summed E-state index contributed by atoms with van der Waals surface area (Å²) < 4.78 is 0. The number of hydrogen-bond acceptors (Lipinski definition) is 3. The summed E-state index contributed by atoms with van der Waals surface area (Å²) in [4.78, 5) is 21.1. The van der Waals surface area contributed by atoms with Crippen molar-refractivity contribution in [3.05, 3.63) is 76.0 Å². The molecule has 0 aliphatic heterocycles. The summed E-state index contributed by atoms with van der Waals surface area (Å²) in [5.41, 5.74) is 2.40. The molecule has 0 spiro atoms. The van der Waals surface area contributed by atoms with Crippen molar-refractivity contribution in [1.82, 2.24) is 9.97 Å². The smallest absolute Gasteiger partial charge is 0.259 e. The zero-order chi connectivity index (χ0) is 17.1. The molecule has 0 radical (unpaired) electrons. The van der Waals surface area contributed by atoms with Crippen LogP contribution in [0.15, 0.2) is 54.7 Å². The highest BCUT2D eigenvalue weighted by atomic mass is 35.5. The fourth-order valence-electron chi connectivity index (χ4n) is 2.24. The molecule has 2 aromatic carbocycles. The van der Waals surface area contributed by atoms with Gasteiger partial charge in [-0.25, -0.2) is 9.97 Å². The van der Waals surface area contributed by atoms with Gasteiger partial charge >= 0.3 is 0 Å². The van der Waals surface area contributed by atoms with Crippen LogP contribution in [0.1, 0.15) is 16.1 Å². The molecule has 0 fully saturated rings. The second-order valence-corrected chi connectivity index (χ2v) is 6.04. The van der Waals surface area contributed by atoms with Crippen molar-refractivity contribution >= 4 is 34.8 Å². The maximum atomic E-state index is 12.4. The lowest BCUT2D eigenvalue weighted by atomic mass is 10.2. The first kappa shape index (κ1) is 16.4. The van der Waals surface area contributed by atoms with Gasteiger partial charge in [0.15, 0.2) is 5.82 Å². The van der Waals surface area contributed by atoms with Gasteiger partial charge in [0.1, 0.15) is 0 Å². The van der Waals surface area contributed by atoms with Gasteiger partial charge in [0.25, 0.3) is 5.91 Å². The van der Waals surface area contributed by atoms with Crippen LogP contribution in [0.2, 0.25) is 10.0 Å². The van der Waals surface area contributed by atoms with Crippen molar-refractivity contribution in [2.24, 2.45) is 0 Å². The van der Waals surface area contributed by atoms with Gasteiger partial charge in [0, 0.05) is 27.5 Å². The molecule has 0 saturated carbocycles. The van der Waals surface area contributed by atoms with Crippen molar-refractivity contribution in [3.8, 4) is 11.4 Å². The van der Waals surface area contributed by atoms with Crippen molar-refractivity contribution in [2.75, 3.05) is 5.32 Å². The van der Waals surface area contributed by atoms with E-state index < -0.39 is 0 Å². The van der Waals surface area contributed by atoms with Gasteiger partial charge in [-0.3, -0.25) is 4.79 Å². The molecular formula is C18H13Cl2N3O. The minimum absolute atomic E-state index is 0.314. The third-order valence-electron chi connectivity index (χ3n) is 3.38. The number of benzene rings is 2. The molecule has 0 unspecified atom stereocenters. The predicted molar refractivity (Wildman–Crippen MR) is 96.6 cm³/mol. The Morgan fingerprint density at radius 2 is 1.71 bits per heavy atom. The lowest BCUT2D eigenvalue weighted by Gasteiger charge is -2.09. The van der Waals surface area contributed by atoms with E-state index in [0.717, 1.165) is 5.56 Å². The van der Waals surface area contributed by atoms with Gasteiger partial charge in [0.05, 0.1) is 11.3 Å². The molecule has 3 rings (SSSR count). The van der Waals surface area contributed by atoms with Gasteiger partial charge in [-0.15, -0.1) is 0 Å². The highest BCUT2D eigenvalue weighted by Crippen LogP contribution is 2.23. The first-order chi connectivity index (χ1) is 11.5. The molecule has 0 aliphatic rings.